The lowest BCUT2D eigenvalue weighted by atomic mass is 9.95. The summed E-state index contributed by atoms with van der Waals surface area (Å²) in [7, 11) is 2.35. The molecule has 0 aromatic rings. The Balaban J connectivity index is 2.04. The molecule has 0 aromatic heterocycles. The van der Waals surface area contributed by atoms with Crippen LogP contribution in [0.2, 0.25) is 0 Å². The molecule has 1 aliphatic rings. The molecule has 0 aromatic carbocycles. The van der Waals surface area contributed by atoms with Gasteiger partial charge in [0.1, 0.15) is 6.54 Å². The van der Waals surface area contributed by atoms with Crippen molar-refractivity contribution in [3.05, 3.63) is 0 Å². The van der Waals surface area contributed by atoms with Gasteiger partial charge < -0.3 is 5.73 Å². The molecule has 0 fully saturated rings. The molecule has 1 amide bonds. The molecule has 0 spiro atoms. The van der Waals surface area contributed by atoms with Gasteiger partial charge in [-0.2, -0.15) is 0 Å². The number of unbranched alkanes of at least 4 members (excludes halogenated alkanes) is 27. The molecule has 0 aliphatic carbocycles. The lowest BCUT2D eigenvalue weighted by molar-refractivity contribution is -0.815. The molecule has 1 heterocycles. The summed E-state index contributed by atoms with van der Waals surface area (Å²) in [6.45, 7) is 7.65. The summed E-state index contributed by atoms with van der Waals surface area (Å²) in [5.74, 6) is 1.32. The van der Waals surface area contributed by atoms with Crippen molar-refractivity contribution in [1.29, 1.82) is 0 Å². The molecular weight excluding hydrogens is 550 g/mol. The smallest absolute Gasteiger partial charge is 0.220 e. The van der Waals surface area contributed by atoms with Gasteiger partial charge in [0.05, 0.1) is 20.1 Å². The second kappa shape index (κ2) is 30.4. The molecule has 2 unspecified atom stereocenters. The standard InChI is InChI=1S/C41H81N3O/c1-4-6-8-10-12-14-16-18-20-22-24-26-28-30-32-34-40-43-36-38-44(40,3)37-35-39(41(42)45)33-31-29-27-25-23-21-19-17-15-13-11-9-7-5-2/h39H,4-38H2,1-3H3,(H-,42,45)/p+1. The Morgan fingerprint density at radius 1 is 0.578 bits per heavy atom. The first-order chi connectivity index (χ1) is 22.0. The fraction of sp³-hybridized carbons (Fsp3) is 0.951. The van der Waals surface area contributed by atoms with Crippen LogP contribution in [-0.4, -0.2) is 42.9 Å². The molecule has 0 saturated heterocycles. The predicted molar refractivity (Wildman–Crippen MR) is 200 cm³/mol. The summed E-state index contributed by atoms with van der Waals surface area (Å²) in [5.41, 5.74) is 5.88. The number of carbonyl (C=O) groups excluding carboxylic acids is 1. The van der Waals surface area contributed by atoms with Crippen LogP contribution in [0, 0.1) is 5.92 Å². The first kappa shape index (κ1) is 42.1. The zero-order valence-corrected chi connectivity index (χ0v) is 31.2. The van der Waals surface area contributed by atoms with Gasteiger partial charge in [-0.05, 0) is 12.8 Å². The van der Waals surface area contributed by atoms with E-state index >= 15 is 0 Å². The normalized spacial score (nSPS) is 17.2. The first-order valence-corrected chi connectivity index (χ1v) is 20.7. The van der Waals surface area contributed by atoms with Gasteiger partial charge in [0.2, 0.25) is 5.91 Å². The van der Waals surface area contributed by atoms with Crippen LogP contribution in [0.1, 0.15) is 219 Å². The van der Waals surface area contributed by atoms with E-state index in [2.05, 4.69) is 20.9 Å². The van der Waals surface area contributed by atoms with Crippen LogP contribution < -0.4 is 5.73 Å². The largest absolute Gasteiger partial charge is 0.369 e. The second-order valence-corrected chi connectivity index (χ2v) is 15.1. The Hall–Kier alpha value is -0.900. The molecule has 266 valence electrons. The molecule has 0 bridgehead atoms. The molecule has 4 heteroatoms. The van der Waals surface area contributed by atoms with Gasteiger partial charge >= 0.3 is 0 Å². The highest BCUT2D eigenvalue weighted by atomic mass is 16.1. The number of amides is 1. The van der Waals surface area contributed by atoms with Gasteiger partial charge in [0.15, 0.2) is 5.84 Å². The summed E-state index contributed by atoms with van der Waals surface area (Å²) in [6.07, 6.45) is 43.3. The third-order valence-electron chi connectivity index (χ3n) is 10.8. The first-order valence-electron chi connectivity index (χ1n) is 20.7. The third-order valence-corrected chi connectivity index (χ3v) is 10.8. The van der Waals surface area contributed by atoms with Crippen LogP contribution in [-0.2, 0) is 4.79 Å². The molecular formula is C41H82N3O+. The lowest BCUT2D eigenvalue weighted by Gasteiger charge is -2.31. The number of likely N-dealkylation sites (N-methyl/N-ethyl adjacent to an activating group) is 1. The number of nitrogens with zero attached hydrogens (tertiary/aromatic N) is 2. The zero-order valence-electron chi connectivity index (χ0n) is 31.2. The maximum atomic E-state index is 12.3. The van der Waals surface area contributed by atoms with Crippen molar-refractivity contribution >= 4 is 11.7 Å². The maximum Gasteiger partial charge on any atom is 0.220 e. The van der Waals surface area contributed by atoms with Crippen LogP contribution in [0.3, 0.4) is 0 Å². The monoisotopic (exact) mass is 633 g/mol. The van der Waals surface area contributed by atoms with Crippen molar-refractivity contribution in [3.8, 4) is 0 Å². The van der Waals surface area contributed by atoms with Crippen molar-refractivity contribution in [1.82, 2.24) is 0 Å². The van der Waals surface area contributed by atoms with E-state index in [0.717, 1.165) is 49.8 Å². The minimum absolute atomic E-state index is 0.0323. The van der Waals surface area contributed by atoms with Crippen LogP contribution in [0.15, 0.2) is 4.99 Å². The topological polar surface area (TPSA) is 55.4 Å². The predicted octanol–water partition coefficient (Wildman–Crippen LogP) is 12.5. The highest BCUT2D eigenvalue weighted by Crippen LogP contribution is 2.23. The number of nitrogens with two attached hydrogens (primary N) is 1. The number of carbonyl (C=O) groups is 1. The Labute approximate surface area is 283 Å². The molecule has 1 rings (SSSR count). The summed E-state index contributed by atoms with van der Waals surface area (Å²) in [4.78, 5) is 17.2. The quantitative estimate of drug-likeness (QED) is 0.0548. The molecule has 2 atom stereocenters. The Morgan fingerprint density at radius 2 is 0.933 bits per heavy atom. The zero-order chi connectivity index (χ0) is 32.7. The summed E-state index contributed by atoms with van der Waals surface area (Å²) >= 11 is 0. The number of primary amides is 1. The van der Waals surface area contributed by atoms with Gasteiger partial charge in [0.25, 0.3) is 0 Å². The lowest BCUT2D eigenvalue weighted by Crippen LogP contribution is -2.48. The average molecular weight is 633 g/mol. The van der Waals surface area contributed by atoms with Crippen LogP contribution in [0.25, 0.3) is 0 Å². The molecule has 2 N–H and O–H groups in total. The molecule has 0 saturated carbocycles. The minimum atomic E-state index is -0.0867. The van der Waals surface area contributed by atoms with Gasteiger partial charge in [-0.25, -0.2) is 4.99 Å². The van der Waals surface area contributed by atoms with Gasteiger partial charge in [0, 0.05) is 18.8 Å². The van der Waals surface area contributed by atoms with Gasteiger partial charge in [-0.3, -0.25) is 9.28 Å². The summed E-state index contributed by atoms with van der Waals surface area (Å²) < 4.78 is 0.946. The van der Waals surface area contributed by atoms with Crippen molar-refractivity contribution in [2.75, 3.05) is 26.7 Å². The second-order valence-electron chi connectivity index (χ2n) is 15.1. The third kappa shape index (κ3) is 24.0. The van der Waals surface area contributed by atoms with Crippen molar-refractivity contribution in [2.24, 2.45) is 16.6 Å². The van der Waals surface area contributed by atoms with Crippen molar-refractivity contribution < 1.29 is 9.28 Å². The van der Waals surface area contributed by atoms with Crippen molar-refractivity contribution in [3.63, 3.8) is 0 Å². The SMILES string of the molecule is CCCCCCCCCCCCCCCCCC1=NCC[N+]1(C)CCC(CCCCCCCCCCCCCCCC)C(N)=O. The van der Waals surface area contributed by atoms with E-state index in [-0.39, 0.29) is 11.8 Å². The van der Waals surface area contributed by atoms with E-state index in [0.29, 0.717) is 0 Å². The van der Waals surface area contributed by atoms with E-state index in [1.807, 2.05) is 0 Å². The van der Waals surface area contributed by atoms with E-state index in [1.54, 1.807) is 0 Å². The van der Waals surface area contributed by atoms with E-state index in [4.69, 9.17) is 10.7 Å². The summed E-state index contributed by atoms with van der Waals surface area (Å²) in [5, 5.41) is 0. The van der Waals surface area contributed by atoms with Gasteiger partial charge in [-0.1, -0.05) is 194 Å². The number of hydrogen-bond donors (Lipinski definition) is 1. The molecule has 1 aliphatic heterocycles. The van der Waals surface area contributed by atoms with Crippen LogP contribution in [0.4, 0.5) is 0 Å². The number of rotatable bonds is 35. The fourth-order valence-electron chi connectivity index (χ4n) is 7.40. The van der Waals surface area contributed by atoms with Crippen LogP contribution in [0.5, 0.6) is 0 Å². The van der Waals surface area contributed by atoms with E-state index < -0.39 is 0 Å². The molecule has 45 heavy (non-hydrogen) atoms. The highest BCUT2D eigenvalue weighted by molar-refractivity contribution is 5.77. The van der Waals surface area contributed by atoms with E-state index in [1.165, 1.54) is 186 Å². The average Bonchev–Trinajstić information content (AvgIpc) is 3.40. The van der Waals surface area contributed by atoms with Gasteiger partial charge in [-0.15, -0.1) is 0 Å². The molecule has 0 radical (unpaired) electrons. The Morgan fingerprint density at radius 3 is 1.31 bits per heavy atom. The summed E-state index contributed by atoms with van der Waals surface area (Å²) in [6, 6.07) is 0. The van der Waals surface area contributed by atoms with E-state index in [9.17, 15) is 4.79 Å². The van der Waals surface area contributed by atoms with Crippen LogP contribution >= 0.6 is 0 Å². The number of amidine groups is 1. The molecule has 4 nitrogen and oxygen atoms in total. The minimum Gasteiger partial charge on any atom is -0.369 e. The maximum absolute atomic E-state index is 12.3. The Kier molecular flexibility index (Phi) is 28.5. The number of hydrogen-bond acceptors (Lipinski definition) is 2. The van der Waals surface area contributed by atoms with Crippen molar-refractivity contribution in [2.45, 2.75) is 219 Å². The number of aliphatic imine (C=N–C) groups is 1. The number of quaternary nitrogens is 1. The fourth-order valence-corrected chi connectivity index (χ4v) is 7.40. The highest BCUT2D eigenvalue weighted by Gasteiger charge is 2.34. The Bertz CT molecular complexity index is 692.